The molecule has 0 aliphatic rings. The Morgan fingerprint density at radius 3 is 2.23 bits per heavy atom. The predicted molar refractivity (Wildman–Crippen MR) is 128 cm³/mol. The summed E-state index contributed by atoms with van der Waals surface area (Å²) in [5.41, 5.74) is 4.28. The van der Waals surface area contributed by atoms with Crippen LogP contribution in [0.25, 0.3) is 22.1 Å². The number of halogens is 2. The molecule has 5 nitrogen and oxygen atoms in total. The van der Waals surface area contributed by atoms with Crippen LogP contribution in [0.2, 0.25) is 0 Å². The summed E-state index contributed by atoms with van der Waals surface area (Å²) in [5.74, 6) is 1.90. The van der Waals surface area contributed by atoms with Crippen LogP contribution < -0.4 is 4.90 Å². The largest absolute Gasteiger partial charge is 2.00 e. The number of unbranched alkanes of at least 4 members (excludes halogenated alkanes) is 1. The van der Waals surface area contributed by atoms with Crippen molar-refractivity contribution >= 4 is 65.8 Å². The van der Waals surface area contributed by atoms with Crippen molar-refractivity contribution < 1.29 is 16.5 Å². The van der Waals surface area contributed by atoms with E-state index in [4.69, 9.17) is 9.97 Å². The number of rotatable bonds is 7. The minimum Gasteiger partial charge on any atom is -0.310 e. The van der Waals surface area contributed by atoms with Crippen LogP contribution in [0, 0.1) is 0 Å². The van der Waals surface area contributed by atoms with Crippen LogP contribution in [0.4, 0.5) is 11.9 Å². The molecular formula is C22H25Br2N5Ni+2. The number of imidazole rings is 2. The molecule has 8 heteroatoms. The molecule has 0 amide bonds. The minimum absolute atomic E-state index is 0. The Balaban J connectivity index is 0.00000256. The van der Waals surface area contributed by atoms with E-state index in [2.05, 4.69) is 97.0 Å². The molecule has 4 aromatic rings. The fourth-order valence-electron chi connectivity index (χ4n) is 3.83. The van der Waals surface area contributed by atoms with Gasteiger partial charge in [0.1, 0.15) is 5.52 Å². The molecule has 2 aromatic heterocycles. The first-order valence-electron chi connectivity index (χ1n) is 10.2. The van der Waals surface area contributed by atoms with Crippen molar-refractivity contribution in [2.75, 3.05) is 11.4 Å². The molecule has 0 aliphatic heterocycles. The predicted octanol–water partition coefficient (Wildman–Crippen LogP) is 6.89. The molecule has 0 fully saturated rings. The van der Waals surface area contributed by atoms with E-state index < -0.39 is 0 Å². The number of anilines is 2. The zero-order chi connectivity index (χ0) is 20.5. The molecule has 4 rings (SSSR count). The fraction of sp³-hybridized carbons (Fsp3) is 0.364. The molecule has 0 spiro atoms. The maximum atomic E-state index is 5.08. The summed E-state index contributed by atoms with van der Waals surface area (Å²) in [4.78, 5) is 12.4. The van der Waals surface area contributed by atoms with Crippen LogP contribution in [0.3, 0.4) is 0 Å². The van der Waals surface area contributed by atoms with Crippen LogP contribution in [0.5, 0.6) is 0 Å². The van der Waals surface area contributed by atoms with Gasteiger partial charge in [0, 0.05) is 24.1 Å². The van der Waals surface area contributed by atoms with Crippen molar-refractivity contribution in [1.82, 2.24) is 19.1 Å². The van der Waals surface area contributed by atoms with Crippen molar-refractivity contribution in [2.45, 2.75) is 46.7 Å². The van der Waals surface area contributed by atoms with E-state index in [0.717, 1.165) is 75.4 Å². The Bertz CT molecular complexity index is 1170. The zero-order valence-corrected chi connectivity index (χ0v) is 21.5. The number of fused-ring (bicyclic) bond motifs is 2. The molecule has 2 aromatic carbocycles. The van der Waals surface area contributed by atoms with Gasteiger partial charge in [0.15, 0.2) is 0 Å². The fourth-order valence-corrected chi connectivity index (χ4v) is 4.57. The summed E-state index contributed by atoms with van der Waals surface area (Å²) in [6.45, 7) is 9.14. The zero-order valence-electron chi connectivity index (χ0n) is 17.3. The van der Waals surface area contributed by atoms with Gasteiger partial charge in [-0.2, -0.15) is 0 Å². The molecule has 0 unspecified atom stereocenters. The van der Waals surface area contributed by atoms with Crippen LogP contribution in [0.1, 0.15) is 33.6 Å². The second kappa shape index (κ2) is 9.84. The summed E-state index contributed by atoms with van der Waals surface area (Å²) in [6, 6.07) is 12.5. The normalized spacial score (nSPS) is 11.2. The quantitative estimate of drug-likeness (QED) is 0.225. The van der Waals surface area contributed by atoms with Gasteiger partial charge in [-0.1, -0.05) is 25.5 Å². The molecule has 0 N–H and O–H groups in total. The van der Waals surface area contributed by atoms with Gasteiger partial charge in [0.2, 0.25) is 11.9 Å². The third kappa shape index (κ3) is 3.94. The molecular weight excluding hydrogens is 553 g/mol. The monoisotopic (exact) mass is 575 g/mol. The van der Waals surface area contributed by atoms with Crippen LogP contribution >= 0.6 is 31.9 Å². The summed E-state index contributed by atoms with van der Waals surface area (Å²) in [7, 11) is 0. The van der Waals surface area contributed by atoms with Gasteiger partial charge >= 0.3 is 16.5 Å². The summed E-state index contributed by atoms with van der Waals surface area (Å²) < 4.78 is 6.57. The first kappa shape index (κ1) is 23.3. The van der Waals surface area contributed by atoms with Crippen LogP contribution in [-0.2, 0) is 29.6 Å². The summed E-state index contributed by atoms with van der Waals surface area (Å²) in [5, 5.41) is 0. The molecule has 30 heavy (non-hydrogen) atoms. The first-order valence-corrected chi connectivity index (χ1v) is 11.8. The molecule has 0 saturated carbocycles. The van der Waals surface area contributed by atoms with Crippen molar-refractivity contribution in [2.24, 2.45) is 0 Å². The molecule has 0 saturated heterocycles. The number of hydrogen-bond donors (Lipinski definition) is 0. The standard InChI is InChI=1S/C22H25Br2N5.Ni/c1-4-7-14-29(21-25-16-10-8-9-11-17(16)27(21)5-2)22-26-20-18(28(22)6-3)13-12-15(23)19(20)24;/h8-13H,4-7,14H2,1-3H3;/q;+2. The SMILES string of the molecule is CCCCN(c1nc2ccccc2n1CC)c1nc2c(Br)c(Br)ccc2n1CC.[Ni+2]. The van der Waals surface area contributed by atoms with Gasteiger partial charge < -0.3 is 9.13 Å². The Hall–Kier alpha value is -1.37. The average Bonchev–Trinajstić information content (AvgIpc) is 3.29. The summed E-state index contributed by atoms with van der Waals surface area (Å²) in [6.07, 6.45) is 2.19. The van der Waals surface area contributed by atoms with Gasteiger partial charge in [-0.15, -0.1) is 0 Å². The molecule has 0 bridgehead atoms. The molecule has 160 valence electrons. The topological polar surface area (TPSA) is 38.9 Å². The second-order valence-corrected chi connectivity index (χ2v) is 8.68. The second-order valence-electron chi connectivity index (χ2n) is 7.04. The third-order valence-electron chi connectivity index (χ3n) is 5.28. The number of hydrogen-bond acceptors (Lipinski definition) is 3. The molecule has 0 radical (unpaired) electrons. The number of para-hydroxylation sites is 2. The van der Waals surface area contributed by atoms with E-state index in [0.29, 0.717) is 0 Å². The van der Waals surface area contributed by atoms with E-state index >= 15 is 0 Å². The third-order valence-corrected chi connectivity index (χ3v) is 7.27. The van der Waals surface area contributed by atoms with E-state index in [1.807, 2.05) is 6.07 Å². The first-order chi connectivity index (χ1) is 14.1. The van der Waals surface area contributed by atoms with Crippen molar-refractivity contribution in [1.29, 1.82) is 0 Å². The average molecular weight is 578 g/mol. The van der Waals surface area contributed by atoms with Gasteiger partial charge in [0.25, 0.3) is 0 Å². The van der Waals surface area contributed by atoms with Crippen molar-refractivity contribution in [3.63, 3.8) is 0 Å². The maximum Gasteiger partial charge on any atom is 2.00 e. The Morgan fingerprint density at radius 1 is 0.867 bits per heavy atom. The van der Waals surface area contributed by atoms with E-state index in [9.17, 15) is 0 Å². The molecule has 2 heterocycles. The van der Waals surface area contributed by atoms with Gasteiger partial charge in [0.05, 0.1) is 21.0 Å². The smallest absolute Gasteiger partial charge is 0.310 e. The van der Waals surface area contributed by atoms with Crippen molar-refractivity contribution in [3.05, 3.63) is 45.3 Å². The number of benzene rings is 2. The summed E-state index contributed by atoms with van der Waals surface area (Å²) >= 11 is 7.33. The Kier molecular flexibility index (Phi) is 7.64. The molecule has 0 atom stereocenters. The van der Waals surface area contributed by atoms with E-state index in [1.165, 1.54) is 0 Å². The van der Waals surface area contributed by atoms with Crippen molar-refractivity contribution in [3.8, 4) is 0 Å². The maximum absolute atomic E-state index is 5.08. The minimum atomic E-state index is 0. The Morgan fingerprint density at radius 2 is 1.53 bits per heavy atom. The number of nitrogens with zero attached hydrogens (tertiary/aromatic N) is 5. The number of aromatic nitrogens is 4. The number of aryl methyl sites for hydroxylation is 2. The Labute approximate surface area is 204 Å². The molecule has 0 aliphatic carbocycles. The van der Waals surface area contributed by atoms with E-state index in [1.54, 1.807) is 0 Å². The van der Waals surface area contributed by atoms with E-state index in [-0.39, 0.29) is 16.5 Å². The van der Waals surface area contributed by atoms with Gasteiger partial charge in [-0.3, -0.25) is 4.90 Å². The van der Waals surface area contributed by atoms with Crippen LogP contribution in [-0.4, -0.2) is 25.6 Å². The van der Waals surface area contributed by atoms with Crippen LogP contribution in [0.15, 0.2) is 45.3 Å². The van der Waals surface area contributed by atoms with Gasteiger partial charge in [-0.25, -0.2) is 9.97 Å². The van der Waals surface area contributed by atoms with Gasteiger partial charge in [-0.05, 0) is 76.4 Å².